The number of thiophene rings is 1. The molecule has 1 fully saturated rings. The Kier molecular flexibility index (Phi) is 5.26. The number of nitrogens with zero attached hydrogens (tertiary/aromatic N) is 6. The zero-order chi connectivity index (χ0) is 22.2. The van der Waals surface area contributed by atoms with Crippen molar-refractivity contribution in [1.82, 2.24) is 24.3 Å². The number of benzene rings is 1. The third kappa shape index (κ3) is 3.80. The molecule has 0 N–H and O–H groups in total. The largest absolute Gasteiger partial charge is 0.365 e. The highest BCUT2D eigenvalue weighted by molar-refractivity contribution is 7.13. The number of carbonyl (C=O) groups excluding carboxylic acids is 1. The highest BCUT2D eigenvalue weighted by Crippen LogP contribution is 2.24. The van der Waals surface area contributed by atoms with E-state index in [2.05, 4.69) is 53.2 Å². The van der Waals surface area contributed by atoms with E-state index in [0.717, 1.165) is 17.1 Å². The summed E-state index contributed by atoms with van der Waals surface area (Å²) in [5.41, 5.74) is 3.21. The summed E-state index contributed by atoms with van der Waals surface area (Å²) in [6.45, 7) is 6.11. The van der Waals surface area contributed by atoms with Crippen LogP contribution in [0.1, 0.15) is 12.5 Å². The molecule has 1 aromatic carbocycles. The minimum Gasteiger partial charge on any atom is -0.365 e. The lowest BCUT2D eigenvalue weighted by atomic mass is 10.1. The molecule has 0 spiro atoms. The van der Waals surface area contributed by atoms with Crippen molar-refractivity contribution in [3.63, 3.8) is 0 Å². The highest BCUT2D eigenvalue weighted by atomic mass is 32.1. The van der Waals surface area contributed by atoms with Crippen molar-refractivity contribution in [3.05, 3.63) is 70.1 Å². The van der Waals surface area contributed by atoms with E-state index < -0.39 is 0 Å². The second-order valence-corrected chi connectivity index (χ2v) is 9.10. The number of piperazine rings is 1. The summed E-state index contributed by atoms with van der Waals surface area (Å²) in [4.78, 5) is 31.0. The molecule has 1 aliphatic rings. The van der Waals surface area contributed by atoms with Crippen LogP contribution in [-0.2, 0) is 11.3 Å². The van der Waals surface area contributed by atoms with E-state index in [4.69, 9.17) is 0 Å². The molecule has 0 aliphatic carbocycles. The van der Waals surface area contributed by atoms with Gasteiger partial charge in [-0.3, -0.25) is 9.59 Å². The van der Waals surface area contributed by atoms with Gasteiger partial charge in [0.1, 0.15) is 24.1 Å². The first-order chi connectivity index (χ1) is 15.5. The van der Waals surface area contributed by atoms with E-state index in [1.807, 2.05) is 22.4 Å². The quantitative estimate of drug-likeness (QED) is 0.480. The molecule has 0 bridgehead atoms. The van der Waals surface area contributed by atoms with Crippen LogP contribution in [-0.4, -0.2) is 55.9 Å². The van der Waals surface area contributed by atoms with Crippen molar-refractivity contribution < 1.29 is 4.79 Å². The first kappa shape index (κ1) is 20.4. The Labute approximate surface area is 189 Å². The maximum Gasteiger partial charge on any atom is 0.293 e. The zero-order valence-electron chi connectivity index (χ0n) is 18.0. The predicted molar refractivity (Wildman–Crippen MR) is 125 cm³/mol. The van der Waals surface area contributed by atoms with Gasteiger partial charge < -0.3 is 9.80 Å². The fourth-order valence-electron chi connectivity index (χ4n) is 4.20. The summed E-state index contributed by atoms with van der Waals surface area (Å²) in [6, 6.07) is 14.3. The number of rotatable bonds is 4. The number of fused-ring (bicyclic) bond motifs is 1. The van der Waals surface area contributed by atoms with Crippen LogP contribution in [0.3, 0.4) is 0 Å². The lowest BCUT2D eigenvalue weighted by Crippen LogP contribution is -2.54. The molecule has 1 aliphatic heterocycles. The number of aryl methyl sites for hydroxylation is 1. The minimum absolute atomic E-state index is 0.0774. The van der Waals surface area contributed by atoms with Crippen molar-refractivity contribution in [1.29, 1.82) is 0 Å². The molecule has 4 aromatic rings. The topological polar surface area (TPSA) is 75.7 Å². The van der Waals surface area contributed by atoms with Gasteiger partial charge in [-0.15, -0.1) is 11.3 Å². The van der Waals surface area contributed by atoms with Crippen LogP contribution in [0.2, 0.25) is 0 Å². The molecule has 4 heterocycles. The van der Waals surface area contributed by atoms with Gasteiger partial charge in [-0.25, -0.2) is 9.20 Å². The van der Waals surface area contributed by atoms with Crippen LogP contribution in [0.15, 0.2) is 59.0 Å². The predicted octanol–water partition coefficient (Wildman–Crippen LogP) is 2.67. The van der Waals surface area contributed by atoms with Crippen molar-refractivity contribution in [2.45, 2.75) is 26.4 Å². The van der Waals surface area contributed by atoms with E-state index in [0.29, 0.717) is 18.6 Å². The Morgan fingerprint density at radius 1 is 1.19 bits per heavy atom. The molecule has 0 saturated carbocycles. The van der Waals surface area contributed by atoms with Crippen molar-refractivity contribution in [2.24, 2.45) is 0 Å². The summed E-state index contributed by atoms with van der Waals surface area (Å²) < 4.78 is 2.70. The van der Waals surface area contributed by atoms with E-state index in [9.17, 15) is 9.59 Å². The first-order valence-electron chi connectivity index (χ1n) is 10.6. The number of amides is 1. The smallest absolute Gasteiger partial charge is 0.293 e. The fourth-order valence-corrected chi connectivity index (χ4v) is 4.88. The van der Waals surface area contributed by atoms with Gasteiger partial charge >= 0.3 is 0 Å². The molecule has 5 rings (SSSR count). The molecular weight excluding hydrogens is 424 g/mol. The molecule has 0 unspecified atom stereocenters. The maximum absolute atomic E-state index is 13.0. The SMILES string of the molecule is Cc1cccc(N2CCN(C(=O)Cn3ncn4nc(-c5cccs5)cc4c3=O)C[C@@H]2C)c1. The van der Waals surface area contributed by atoms with Gasteiger partial charge in [0.25, 0.3) is 5.56 Å². The van der Waals surface area contributed by atoms with Crippen molar-refractivity contribution >= 4 is 28.4 Å². The standard InChI is InChI=1S/C23H24N6O2S/c1-16-5-3-6-18(11-16)27-9-8-26(13-17(27)2)22(30)14-28-23(31)20-12-19(21-7-4-10-32-21)25-29(20)15-24-28/h3-7,10-12,15,17H,8-9,13-14H2,1-2H3/t17-/m0/s1. The number of carbonyl (C=O) groups is 1. The third-order valence-corrected chi connectivity index (χ3v) is 6.75. The van der Waals surface area contributed by atoms with Gasteiger partial charge in [0.05, 0.1) is 4.88 Å². The Hall–Kier alpha value is -3.46. The fraction of sp³-hybridized carbons (Fsp3) is 0.304. The van der Waals surface area contributed by atoms with E-state index >= 15 is 0 Å². The summed E-state index contributed by atoms with van der Waals surface area (Å²) >= 11 is 1.56. The number of anilines is 1. The molecule has 9 heteroatoms. The Morgan fingerprint density at radius 2 is 2.06 bits per heavy atom. The molecule has 8 nitrogen and oxygen atoms in total. The Morgan fingerprint density at radius 3 is 2.81 bits per heavy atom. The first-order valence-corrected chi connectivity index (χ1v) is 11.5. The number of hydrogen-bond donors (Lipinski definition) is 0. The van der Waals surface area contributed by atoms with Crippen LogP contribution in [0, 0.1) is 6.92 Å². The Balaban J connectivity index is 1.31. The van der Waals surface area contributed by atoms with Gasteiger partial charge in [0, 0.05) is 31.4 Å². The monoisotopic (exact) mass is 448 g/mol. The van der Waals surface area contributed by atoms with Gasteiger partial charge in [-0.1, -0.05) is 18.2 Å². The van der Waals surface area contributed by atoms with Gasteiger partial charge in [0.2, 0.25) is 5.91 Å². The normalized spacial score (nSPS) is 16.6. The molecule has 1 atom stereocenters. The Bertz CT molecular complexity index is 1330. The highest BCUT2D eigenvalue weighted by Gasteiger charge is 2.27. The second kappa shape index (κ2) is 8.23. The van der Waals surface area contributed by atoms with Crippen LogP contribution in [0.25, 0.3) is 16.1 Å². The molecule has 164 valence electrons. The van der Waals surface area contributed by atoms with Gasteiger partial charge in [0.15, 0.2) is 0 Å². The summed E-state index contributed by atoms with van der Waals surface area (Å²) in [7, 11) is 0. The van der Waals surface area contributed by atoms with Gasteiger partial charge in [-0.2, -0.15) is 10.2 Å². The molecule has 1 saturated heterocycles. The second-order valence-electron chi connectivity index (χ2n) is 8.15. The maximum atomic E-state index is 13.0. The average Bonchev–Trinajstić information content (AvgIpc) is 3.45. The average molecular weight is 449 g/mol. The summed E-state index contributed by atoms with van der Waals surface area (Å²) in [5.74, 6) is -0.0994. The lowest BCUT2D eigenvalue weighted by Gasteiger charge is -2.41. The van der Waals surface area contributed by atoms with E-state index in [1.54, 1.807) is 17.4 Å². The van der Waals surface area contributed by atoms with Crippen LogP contribution < -0.4 is 10.5 Å². The molecule has 1 amide bonds. The zero-order valence-corrected chi connectivity index (χ0v) is 18.8. The van der Waals surface area contributed by atoms with E-state index in [1.165, 1.54) is 26.8 Å². The van der Waals surface area contributed by atoms with Crippen LogP contribution in [0.5, 0.6) is 0 Å². The molecule has 3 aromatic heterocycles. The summed E-state index contributed by atoms with van der Waals surface area (Å²) in [6.07, 6.45) is 1.49. The minimum atomic E-state index is -0.317. The molecule has 32 heavy (non-hydrogen) atoms. The van der Waals surface area contributed by atoms with Crippen molar-refractivity contribution in [2.75, 3.05) is 24.5 Å². The summed E-state index contributed by atoms with van der Waals surface area (Å²) in [5, 5.41) is 10.6. The lowest BCUT2D eigenvalue weighted by molar-refractivity contribution is -0.132. The van der Waals surface area contributed by atoms with E-state index in [-0.39, 0.29) is 24.1 Å². The molecule has 0 radical (unpaired) electrons. The number of hydrogen-bond acceptors (Lipinski definition) is 6. The van der Waals surface area contributed by atoms with Crippen LogP contribution >= 0.6 is 11.3 Å². The molecular formula is C23H24N6O2S. The van der Waals surface area contributed by atoms with Gasteiger partial charge in [-0.05, 0) is 49.1 Å². The third-order valence-electron chi connectivity index (χ3n) is 5.86. The van der Waals surface area contributed by atoms with Crippen molar-refractivity contribution in [3.8, 4) is 10.6 Å². The van der Waals surface area contributed by atoms with Crippen LogP contribution in [0.4, 0.5) is 5.69 Å². The number of aromatic nitrogens is 4.